The molecule has 0 fully saturated rings. The van der Waals surface area contributed by atoms with Gasteiger partial charge in [-0.3, -0.25) is 5.26 Å². The maximum atomic E-state index is 10.4. The first-order valence-electron chi connectivity index (χ1n) is 3.62. The molecule has 0 aromatic carbocycles. The molecule has 0 aliphatic heterocycles. The van der Waals surface area contributed by atoms with Crippen LogP contribution in [0.5, 0.6) is 0 Å². The van der Waals surface area contributed by atoms with Gasteiger partial charge in [0.2, 0.25) is 0 Å². The molecule has 2 unspecified atom stereocenters. The van der Waals surface area contributed by atoms with E-state index in [0.717, 1.165) is 19.3 Å². The summed E-state index contributed by atoms with van der Waals surface area (Å²) in [5.41, 5.74) is -0.943. The number of unbranched alkanes of at least 4 members (excludes halogenated alkanes) is 2. The smallest absolute Gasteiger partial charge is 0.192 e. The SMILES string of the molecule is CCCCCC(OO)S(=O)O. The predicted octanol–water partition coefficient (Wildman–Crippen LogP) is 1.60. The van der Waals surface area contributed by atoms with Crippen molar-refractivity contribution >= 4 is 11.1 Å². The van der Waals surface area contributed by atoms with Crippen molar-refractivity contribution in [3.8, 4) is 0 Å². The number of hydrogen-bond acceptors (Lipinski definition) is 3. The molecular weight excluding hydrogens is 168 g/mol. The van der Waals surface area contributed by atoms with Crippen LogP contribution in [0, 0.1) is 0 Å². The minimum Gasteiger partial charge on any atom is -0.304 e. The highest BCUT2D eigenvalue weighted by atomic mass is 32.2. The molecule has 0 saturated heterocycles. The molecule has 0 aromatic rings. The predicted molar refractivity (Wildman–Crippen MR) is 42.4 cm³/mol. The fourth-order valence-corrected chi connectivity index (χ4v) is 1.19. The summed E-state index contributed by atoms with van der Waals surface area (Å²) in [6, 6.07) is 0. The lowest BCUT2D eigenvalue weighted by Crippen LogP contribution is -2.16. The van der Waals surface area contributed by atoms with Crippen LogP contribution in [0.3, 0.4) is 0 Å². The molecule has 5 heteroatoms. The number of hydrogen-bond donors (Lipinski definition) is 2. The van der Waals surface area contributed by atoms with E-state index in [-0.39, 0.29) is 0 Å². The van der Waals surface area contributed by atoms with Gasteiger partial charge in [0, 0.05) is 0 Å². The van der Waals surface area contributed by atoms with Crippen molar-refractivity contribution in [3.05, 3.63) is 0 Å². The first-order valence-corrected chi connectivity index (χ1v) is 4.79. The van der Waals surface area contributed by atoms with E-state index in [1.807, 2.05) is 6.92 Å². The summed E-state index contributed by atoms with van der Waals surface area (Å²) in [7, 11) is 0. The zero-order valence-electron chi connectivity index (χ0n) is 6.52. The molecule has 0 heterocycles. The lowest BCUT2D eigenvalue weighted by molar-refractivity contribution is -0.257. The van der Waals surface area contributed by atoms with Crippen LogP contribution in [-0.2, 0) is 16.0 Å². The van der Waals surface area contributed by atoms with Gasteiger partial charge in [-0.25, -0.2) is 9.10 Å². The van der Waals surface area contributed by atoms with E-state index in [1.54, 1.807) is 0 Å². The summed E-state index contributed by atoms with van der Waals surface area (Å²) in [6.07, 6.45) is 3.24. The largest absolute Gasteiger partial charge is 0.304 e. The van der Waals surface area contributed by atoms with Gasteiger partial charge in [-0.05, 0) is 12.8 Å². The third-order valence-corrected chi connectivity index (χ3v) is 2.16. The van der Waals surface area contributed by atoms with E-state index in [0.29, 0.717) is 6.42 Å². The molecule has 2 atom stereocenters. The fourth-order valence-electron chi connectivity index (χ4n) is 0.751. The van der Waals surface area contributed by atoms with Crippen LogP contribution in [-0.4, -0.2) is 19.5 Å². The van der Waals surface area contributed by atoms with E-state index in [2.05, 4.69) is 4.89 Å². The second kappa shape index (κ2) is 6.72. The van der Waals surface area contributed by atoms with Gasteiger partial charge >= 0.3 is 0 Å². The highest BCUT2D eigenvalue weighted by molar-refractivity contribution is 7.79. The Labute approximate surface area is 68.8 Å². The van der Waals surface area contributed by atoms with E-state index in [1.165, 1.54) is 0 Å². The summed E-state index contributed by atoms with van der Waals surface area (Å²) < 4.78 is 18.8. The lowest BCUT2D eigenvalue weighted by Gasteiger charge is -2.07. The molecule has 0 amide bonds. The van der Waals surface area contributed by atoms with Crippen LogP contribution in [0.1, 0.15) is 32.6 Å². The molecule has 0 spiro atoms. The van der Waals surface area contributed by atoms with Crippen LogP contribution in [0.15, 0.2) is 0 Å². The molecule has 11 heavy (non-hydrogen) atoms. The van der Waals surface area contributed by atoms with Crippen LogP contribution in [0.25, 0.3) is 0 Å². The fraction of sp³-hybridized carbons (Fsp3) is 1.00. The van der Waals surface area contributed by atoms with Crippen molar-refractivity contribution in [1.29, 1.82) is 0 Å². The zero-order valence-corrected chi connectivity index (χ0v) is 7.34. The zero-order chi connectivity index (χ0) is 8.69. The van der Waals surface area contributed by atoms with Crippen LogP contribution in [0.2, 0.25) is 0 Å². The van der Waals surface area contributed by atoms with Crippen molar-refractivity contribution in [3.63, 3.8) is 0 Å². The Morgan fingerprint density at radius 1 is 1.55 bits per heavy atom. The van der Waals surface area contributed by atoms with Gasteiger partial charge in [-0.15, -0.1) is 0 Å². The summed E-state index contributed by atoms with van der Waals surface area (Å²) in [6.45, 7) is 2.03. The Morgan fingerprint density at radius 3 is 2.55 bits per heavy atom. The van der Waals surface area contributed by atoms with Crippen molar-refractivity contribution in [2.75, 3.05) is 0 Å². The van der Waals surface area contributed by atoms with Crippen LogP contribution >= 0.6 is 0 Å². The molecule has 0 radical (unpaired) electrons. The van der Waals surface area contributed by atoms with E-state index >= 15 is 0 Å². The van der Waals surface area contributed by atoms with Crippen molar-refractivity contribution in [1.82, 2.24) is 0 Å². The minimum absolute atomic E-state index is 0.424. The second-order valence-electron chi connectivity index (χ2n) is 2.31. The molecule has 68 valence electrons. The topological polar surface area (TPSA) is 66.8 Å². The molecule has 0 saturated carbocycles. The summed E-state index contributed by atoms with van der Waals surface area (Å²) in [5.74, 6) is 0. The lowest BCUT2D eigenvalue weighted by atomic mass is 10.2. The highest BCUT2D eigenvalue weighted by Gasteiger charge is 2.14. The Balaban J connectivity index is 3.44. The van der Waals surface area contributed by atoms with Gasteiger partial charge in [-0.1, -0.05) is 19.8 Å². The van der Waals surface area contributed by atoms with Crippen molar-refractivity contribution in [2.24, 2.45) is 0 Å². The van der Waals surface area contributed by atoms with E-state index < -0.39 is 16.5 Å². The summed E-state index contributed by atoms with van der Waals surface area (Å²) in [5, 5.41) is 8.14. The highest BCUT2D eigenvalue weighted by Crippen LogP contribution is 2.07. The summed E-state index contributed by atoms with van der Waals surface area (Å²) >= 11 is -2.08. The van der Waals surface area contributed by atoms with Crippen LogP contribution < -0.4 is 0 Å². The molecule has 2 N–H and O–H groups in total. The first kappa shape index (κ1) is 11.0. The Kier molecular flexibility index (Phi) is 6.74. The molecule has 0 aromatic heterocycles. The van der Waals surface area contributed by atoms with Crippen molar-refractivity contribution in [2.45, 2.75) is 38.0 Å². The molecule has 4 nitrogen and oxygen atoms in total. The average Bonchev–Trinajstić information content (AvgIpc) is 1.97. The quantitative estimate of drug-likeness (QED) is 0.283. The summed E-state index contributed by atoms with van der Waals surface area (Å²) in [4.78, 5) is 3.81. The maximum absolute atomic E-state index is 10.4. The standard InChI is InChI=1S/C6H14O4S/c1-2-3-4-5-6(10-7)11(8)9/h6-7H,2-5H2,1H3,(H,8,9). The first-order chi connectivity index (χ1) is 5.22. The molecule has 0 bridgehead atoms. The van der Waals surface area contributed by atoms with Gasteiger partial charge in [0.1, 0.15) is 0 Å². The van der Waals surface area contributed by atoms with Gasteiger partial charge in [0.15, 0.2) is 16.5 Å². The minimum atomic E-state index is -2.08. The number of rotatable bonds is 6. The maximum Gasteiger partial charge on any atom is 0.192 e. The average molecular weight is 182 g/mol. The molecular formula is C6H14O4S. The van der Waals surface area contributed by atoms with Crippen LogP contribution in [0.4, 0.5) is 0 Å². The Morgan fingerprint density at radius 2 is 2.18 bits per heavy atom. The van der Waals surface area contributed by atoms with Gasteiger partial charge in [0.25, 0.3) is 0 Å². The second-order valence-corrected chi connectivity index (χ2v) is 3.39. The van der Waals surface area contributed by atoms with Gasteiger partial charge in [-0.2, -0.15) is 0 Å². The third kappa shape index (κ3) is 5.32. The van der Waals surface area contributed by atoms with E-state index in [9.17, 15) is 4.21 Å². The van der Waals surface area contributed by atoms with Gasteiger partial charge < -0.3 is 4.55 Å². The Bertz CT molecular complexity index is 117. The van der Waals surface area contributed by atoms with Gasteiger partial charge in [0.05, 0.1) is 0 Å². The Hall–Kier alpha value is 0.0300. The molecule has 0 rings (SSSR count). The third-order valence-electron chi connectivity index (χ3n) is 1.39. The van der Waals surface area contributed by atoms with E-state index in [4.69, 9.17) is 9.81 Å². The normalized spacial score (nSPS) is 16.3. The molecule has 0 aliphatic carbocycles. The van der Waals surface area contributed by atoms with Crippen molar-refractivity contribution < 1.29 is 18.9 Å². The molecule has 0 aliphatic rings. The monoisotopic (exact) mass is 182 g/mol.